The first-order valence-corrected chi connectivity index (χ1v) is 15.5. The molecule has 2 aliphatic rings. The van der Waals surface area contributed by atoms with Crippen LogP contribution in [-0.4, -0.2) is 109 Å². The molecule has 230 valence electrons. The number of rotatable bonds is 7. The molecule has 2 fully saturated rings. The fraction of sp³-hybridized carbons (Fsp3) is 0.433. The quantitative estimate of drug-likeness (QED) is 0.238. The van der Waals surface area contributed by atoms with Gasteiger partial charge in [0.15, 0.2) is 11.2 Å². The number of fused-ring (bicyclic) bond motifs is 1. The van der Waals surface area contributed by atoms with E-state index in [4.69, 9.17) is 4.74 Å². The van der Waals surface area contributed by atoms with Crippen LogP contribution >= 0.6 is 0 Å². The Morgan fingerprint density at radius 1 is 0.953 bits per heavy atom. The smallest absolute Gasteiger partial charge is 0.251 e. The highest BCUT2D eigenvalue weighted by atomic mass is 32.2. The molecule has 1 aromatic heterocycles. The van der Waals surface area contributed by atoms with E-state index in [-0.39, 0.29) is 5.57 Å². The van der Waals surface area contributed by atoms with E-state index in [1.807, 2.05) is 16.7 Å². The lowest BCUT2D eigenvalue weighted by Gasteiger charge is -2.38. The van der Waals surface area contributed by atoms with Crippen molar-refractivity contribution in [1.82, 2.24) is 14.2 Å². The van der Waals surface area contributed by atoms with Gasteiger partial charge in [0, 0.05) is 62.4 Å². The molecule has 13 heteroatoms. The molecule has 5 N–H and O–H groups in total. The van der Waals surface area contributed by atoms with E-state index in [1.54, 1.807) is 19.2 Å². The van der Waals surface area contributed by atoms with E-state index >= 15 is 0 Å². The molecule has 0 spiro atoms. The third-order valence-corrected chi connectivity index (χ3v) is 9.85. The predicted molar refractivity (Wildman–Crippen MR) is 162 cm³/mol. The normalized spacial score (nSPS) is 25.9. The van der Waals surface area contributed by atoms with Crippen molar-refractivity contribution in [2.45, 2.75) is 37.6 Å². The summed E-state index contributed by atoms with van der Waals surface area (Å²) in [6, 6.07) is 18.0. The summed E-state index contributed by atoms with van der Waals surface area (Å²) in [5, 5.41) is 51.4. The summed E-state index contributed by atoms with van der Waals surface area (Å²) in [6.07, 6.45) is -8.30. The number of aliphatic hydroxyl groups is 4. The molecule has 0 radical (unpaired) electrons. The second-order valence-corrected chi connectivity index (χ2v) is 12.9. The molecule has 3 aromatic rings. The SMILES string of the molecule is C/C(=C(/C#N)S(=O)(=O)NC[C@H]1OC(O)[C@H](O)[C@@H](O)[C@@H]1O)c1ccc(-c2ccc3cc(N4CCN(C)CC4)ccc3c2)n1C. The van der Waals surface area contributed by atoms with Gasteiger partial charge in [0.1, 0.15) is 30.5 Å². The minimum Gasteiger partial charge on any atom is -0.388 e. The van der Waals surface area contributed by atoms with Crippen molar-refractivity contribution in [3.05, 3.63) is 59.1 Å². The van der Waals surface area contributed by atoms with Gasteiger partial charge in [-0.3, -0.25) is 0 Å². The van der Waals surface area contributed by atoms with Crippen molar-refractivity contribution in [2.75, 3.05) is 44.7 Å². The molecule has 0 bridgehead atoms. The molecule has 1 unspecified atom stereocenters. The molecule has 5 atom stereocenters. The van der Waals surface area contributed by atoms with Gasteiger partial charge in [0.2, 0.25) is 0 Å². The molecule has 2 aliphatic heterocycles. The van der Waals surface area contributed by atoms with Crippen LogP contribution < -0.4 is 9.62 Å². The van der Waals surface area contributed by atoms with Gasteiger partial charge < -0.3 is 39.5 Å². The Bertz CT molecular complexity index is 1670. The standard InChI is InChI=1S/C30H37N5O7S/c1-18(26(16-31)43(40,41)32-17-25-27(36)28(37)29(38)30(39)42-25)23-8-9-24(34(23)3)21-5-4-20-15-22(7-6-19(20)14-21)35-12-10-33(2)11-13-35/h4-9,14-15,25,27-30,32,36-39H,10-13,17H2,1-3H3/b26-18+/t25-,27-,28+,29-,30?/m1/s1. The largest absolute Gasteiger partial charge is 0.388 e. The molecular formula is C30H37N5O7S. The predicted octanol–water partition coefficient (Wildman–Crippen LogP) is 0.571. The van der Waals surface area contributed by atoms with Crippen LogP contribution in [0.15, 0.2) is 53.4 Å². The summed E-state index contributed by atoms with van der Waals surface area (Å²) in [4.78, 5) is 4.19. The maximum absolute atomic E-state index is 13.1. The number of nitrogens with one attached hydrogen (secondary N) is 1. The molecule has 3 heterocycles. The minimum absolute atomic E-state index is 0.210. The van der Waals surface area contributed by atoms with Crippen molar-refractivity contribution in [2.24, 2.45) is 7.05 Å². The van der Waals surface area contributed by atoms with Crippen LogP contribution in [0, 0.1) is 11.3 Å². The number of likely N-dealkylation sites (N-methyl/N-ethyl adjacent to an activating group) is 1. The maximum atomic E-state index is 13.1. The van der Waals surface area contributed by atoms with E-state index in [9.17, 15) is 34.1 Å². The van der Waals surface area contributed by atoms with Crippen molar-refractivity contribution in [1.29, 1.82) is 5.26 Å². The Morgan fingerprint density at radius 2 is 1.63 bits per heavy atom. The Morgan fingerprint density at radius 3 is 2.33 bits per heavy atom. The van der Waals surface area contributed by atoms with Gasteiger partial charge in [0.25, 0.3) is 10.0 Å². The Kier molecular flexibility index (Phi) is 8.94. The van der Waals surface area contributed by atoms with Gasteiger partial charge in [-0.05, 0) is 60.6 Å². The lowest BCUT2D eigenvalue weighted by atomic mass is 9.99. The van der Waals surface area contributed by atoms with Crippen molar-refractivity contribution in [3.8, 4) is 17.3 Å². The van der Waals surface area contributed by atoms with Crippen LogP contribution in [0.4, 0.5) is 5.69 Å². The Hall–Kier alpha value is -3.32. The first-order chi connectivity index (χ1) is 20.4. The highest BCUT2D eigenvalue weighted by molar-refractivity contribution is 7.93. The summed E-state index contributed by atoms with van der Waals surface area (Å²) >= 11 is 0. The first kappa shape index (κ1) is 31.1. The molecule has 5 rings (SSSR count). The molecule has 2 saturated heterocycles. The van der Waals surface area contributed by atoms with E-state index in [2.05, 4.69) is 51.9 Å². The van der Waals surface area contributed by atoms with Crippen molar-refractivity contribution >= 4 is 32.1 Å². The topological polar surface area (TPSA) is 172 Å². The molecule has 0 saturated carbocycles. The number of piperazine rings is 1. The zero-order valence-electron chi connectivity index (χ0n) is 24.3. The van der Waals surface area contributed by atoms with Crippen LogP contribution in [0.3, 0.4) is 0 Å². The van der Waals surface area contributed by atoms with Crippen molar-refractivity contribution < 1.29 is 33.6 Å². The van der Waals surface area contributed by atoms with Gasteiger partial charge in [0.05, 0.1) is 0 Å². The monoisotopic (exact) mass is 611 g/mol. The average molecular weight is 612 g/mol. The number of ether oxygens (including phenoxy) is 1. The Labute approximate surface area is 250 Å². The van der Waals surface area contributed by atoms with E-state index in [1.165, 1.54) is 12.6 Å². The lowest BCUT2D eigenvalue weighted by Crippen LogP contribution is -2.60. The number of anilines is 1. The number of benzene rings is 2. The van der Waals surface area contributed by atoms with Crippen LogP contribution in [0.25, 0.3) is 27.6 Å². The molecule has 43 heavy (non-hydrogen) atoms. The summed E-state index contributed by atoms with van der Waals surface area (Å²) in [6.45, 7) is 5.02. The summed E-state index contributed by atoms with van der Waals surface area (Å²) in [7, 11) is -0.447. The molecule has 0 amide bonds. The Balaban J connectivity index is 1.36. The number of nitrogens with zero attached hydrogens (tertiary/aromatic N) is 4. The average Bonchev–Trinajstić information content (AvgIpc) is 3.38. The fourth-order valence-corrected chi connectivity index (χ4v) is 6.81. The zero-order chi connectivity index (χ0) is 31.1. The second kappa shape index (κ2) is 12.4. The second-order valence-electron chi connectivity index (χ2n) is 11.2. The highest BCUT2D eigenvalue weighted by Crippen LogP contribution is 2.31. The lowest BCUT2D eigenvalue weighted by molar-refractivity contribution is -0.279. The van der Waals surface area contributed by atoms with Gasteiger partial charge >= 0.3 is 0 Å². The van der Waals surface area contributed by atoms with E-state index in [0.717, 1.165) is 48.2 Å². The van der Waals surface area contributed by atoms with Gasteiger partial charge in [-0.2, -0.15) is 5.26 Å². The number of aromatic nitrogens is 1. The van der Waals surface area contributed by atoms with Gasteiger partial charge in [-0.1, -0.05) is 18.2 Å². The number of hydrogen-bond acceptors (Lipinski definition) is 10. The number of nitriles is 1. The zero-order valence-corrected chi connectivity index (χ0v) is 25.1. The number of sulfonamides is 1. The highest BCUT2D eigenvalue weighted by Gasteiger charge is 2.43. The number of hydrogen-bond donors (Lipinski definition) is 5. The third kappa shape index (κ3) is 6.19. The van der Waals surface area contributed by atoms with E-state index in [0.29, 0.717) is 5.69 Å². The van der Waals surface area contributed by atoms with Gasteiger partial charge in [-0.15, -0.1) is 0 Å². The molecule has 2 aromatic carbocycles. The fourth-order valence-electron chi connectivity index (χ4n) is 5.66. The van der Waals surface area contributed by atoms with Crippen LogP contribution in [0.5, 0.6) is 0 Å². The molecule has 12 nitrogen and oxygen atoms in total. The first-order valence-electron chi connectivity index (χ1n) is 14.0. The minimum atomic E-state index is -4.38. The number of aliphatic hydroxyl groups excluding tert-OH is 4. The molecular weight excluding hydrogens is 574 g/mol. The third-order valence-electron chi connectivity index (χ3n) is 8.37. The van der Waals surface area contributed by atoms with Crippen molar-refractivity contribution in [3.63, 3.8) is 0 Å². The summed E-state index contributed by atoms with van der Waals surface area (Å²) in [5.41, 5.74) is 3.70. The van der Waals surface area contributed by atoms with Crippen LogP contribution in [-0.2, 0) is 21.8 Å². The van der Waals surface area contributed by atoms with Crippen LogP contribution in [0.2, 0.25) is 0 Å². The van der Waals surface area contributed by atoms with Crippen LogP contribution in [0.1, 0.15) is 12.6 Å². The van der Waals surface area contributed by atoms with Gasteiger partial charge in [-0.25, -0.2) is 13.1 Å². The maximum Gasteiger partial charge on any atom is 0.251 e. The molecule has 0 aliphatic carbocycles. The van der Waals surface area contributed by atoms with E-state index < -0.39 is 52.2 Å². The summed E-state index contributed by atoms with van der Waals surface area (Å²) < 4.78 is 35.3. The number of allylic oxidation sites excluding steroid dienone is 2. The summed E-state index contributed by atoms with van der Waals surface area (Å²) in [5.74, 6) is 0.